The number of nitrogens with one attached hydrogen (secondary N) is 1. The molecule has 5 rings (SSSR count). The van der Waals surface area contributed by atoms with Crippen LogP contribution in [0.1, 0.15) is 23.2 Å². The number of allylic oxidation sites excluding steroid dienone is 1. The number of β-lactam (4-membered cyclic amide) rings is 1. The number of nitrogen functional groups attached to an aromatic ring is 1. The van der Waals surface area contributed by atoms with Crippen molar-refractivity contribution < 1.29 is 24.3 Å². The molecule has 0 unspecified atom stereocenters. The van der Waals surface area contributed by atoms with Gasteiger partial charge < -0.3 is 21.0 Å². The maximum absolute atomic E-state index is 13.0. The number of aliphatic carboxylic acids is 1. The monoisotopic (exact) mass is 559 g/mol. The number of imidazole rings is 1. The zero-order chi connectivity index (χ0) is 26.3. The summed E-state index contributed by atoms with van der Waals surface area (Å²) in [7, 11) is 0. The number of fused-ring (bicyclic) bond motifs is 2. The van der Waals surface area contributed by atoms with Crippen LogP contribution in [0.15, 0.2) is 40.4 Å². The van der Waals surface area contributed by atoms with E-state index in [1.54, 1.807) is 30.9 Å². The Kier molecular flexibility index (Phi) is 6.74. The number of carbonyl (C=O) groups excluding carboxylic acids is 2. The molecular weight excluding hydrogens is 538 g/mol. The van der Waals surface area contributed by atoms with E-state index >= 15 is 0 Å². The predicted molar refractivity (Wildman–Crippen MR) is 141 cm³/mol. The first-order valence-corrected chi connectivity index (χ1v) is 13.8. The first-order valence-electron chi connectivity index (χ1n) is 11.0. The second-order valence-electron chi connectivity index (χ2n) is 7.96. The molecule has 12 nitrogen and oxygen atoms in total. The van der Waals surface area contributed by atoms with Crippen LogP contribution in [0.4, 0.5) is 5.13 Å². The lowest BCUT2D eigenvalue weighted by Gasteiger charge is -2.49. The van der Waals surface area contributed by atoms with Crippen molar-refractivity contribution in [2.24, 2.45) is 5.16 Å². The average Bonchev–Trinajstić information content (AvgIpc) is 3.59. The molecule has 2 atom stereocenters. The number of aromatic nitrogens is 3. The van der Waals surface area contributed by atoms with Crippen LogP contribution in [0.2, 0.25) is 0 Å². The van der Waals surface area contributed by atoms with Gasteiger partial charge in [0.2, 0.25) is 0 Å². The van der Waals surface area contributed by atoms with Crippen molar-refractivity contribution in [3.8, 4) is 0 Å². The van der Waals surface area contributed by atoms with Crippen molar-refractivity contribution in [2.75, 3.05) is 18.1 Å². The summed E-state index contributed by atoms with van der Waals surface area (Å²) in [5.74, 6) is -2.04. The number of carboxylic acids is 1. The highest BCUT2D eigenvalue weighted by atomic mass is 32.2. The molecule has 0 saturated carbocycles. The Morgan fingerprint density at radius 2 is 2.22 bits per heavy atom. The first-order chi connectivity index (χ1) is 17.8. The lowest BCUT2D eigenvalue weighted by molar-refractivity contribution is -0.150. The van der Waals surface area contributed by atoms with Gasteiger partial charge in [-0.15, -0.1) is 34.4 Å². The van der Waals surface area contributed by atoms with Crippen LogP contribution in [0, 0.1) is 6.92 Å². The van der Waals surface area contributed by atoms with E-state index in [1.165, 1.54) is 28.0 Å². The van der Waals surface area contributed by atoms with E-state index in [1.807, 2.05) is 17.4 Å². The summed E-state index contributed by atoms with van der Waals surface area (Å²) < 4.78 is 1.96. The molecule has 1 saturated heterocycles. The molecule has 1 fully saturated rings. The van der Waals surface area contributed by atoms with Gasteiger partial charge in [-0.25, -0.2) is 14.8 Å². The number of nitrogens with zero attached hydrogens (tertiary/aromatic N) is 5. The fourth-order valence-electron chi connectivity index (χ4n) is 3.96. The van der Waals surface area contributed by atoms with Gasteiger partial charge in [0.1, 0.15) is 40.6 Å². The van der Waals surface area contributed by atoms with Gasteiger partial charge in [0.05, 0.1) is 6.20 Å². The highest BCUT2D eigenvalue weighted by Crippen LogP contribution is 2.41. The van der Waals surface area contributed by atoms with Crippen LogP contribution in [0.3, 0.4) is 0 Å². The molecule has 15 heteroatoms. The Morgan fingerprint density at radius 3 is 2.89 bits per heavy atom. The largest absolute Gasteiger partial charge is 0.477 e. The molecule has 2 amide bonds. The summed E-state index contributed by atoms with van der Waals surface area (Å²) >= 11 is 4.05. The minimum atomic E-state index is -1.21. The van der Waals surface area contributed by atoms with E-state index in [2.05, 4.69) is 20.4 Å². The third kappa shape index (κ3) is 4.49. The Labute approximate surface area is 222 Å². The van der Waals surface area contributed by atoms with Crippen molar-refractivity contribution in [3.05, 3.63) is 51.5 Å². The molecule has 37 heavy (non-hydrogen) atoms. The average molecular weight is 560 g/mol. The van der Waals surface area contributed by atoms with Crippen LogP contribution in [-0.4, -0.2) is 71.6 Å². The summed E-state index contributed by atoms with van der Waals surface area (Å²) in [5, 5.41) is 17.7. The van der Waals surface area contributed by atoms with Crippen molar-refractivity contribution in [1.29, 1.82) is 0 Å². The van der Waals surface area contributed by atoms with Gasteiger partial charge >= 0.3 is 5.97 Å². The van der Waals surface area contributed by atoms with Gasteiger partial charge in [-0.05, 0) is 25.5 Å². The van der Waals surface area contributed by atoms with Crippen LogP contribution < -0.4 is 11.1 Å². The Morgan fingerprint density at radius 1 is 1.41 bits per heavy atom. The van der Waals surface area contributed by atoms with Crippen LogP contribution in [0.25, 0.3) is 10.9 Å². The molecule has 2 aliphatic rings. The number of anilines is 1. The SMILES string of the molecule is CCO/N=C(\C(=O)N[C@@H]1C(=O)N2C(C(=O)O)=C(C=Cc3sc4cncn4c3C)CS[C@H]12)c1csc(N)n1. The summed E-state index contributed by atoms with van der Waals surface area (Å²) in [6, 6.07) is -0.922. The number of nitrogens with two attached hydrogens (primary N) is 1. The fraction of sp³-hybridized carbons (Fsp3) is 0.273. The van der Waals surface area contributed by atoms with Crippen LogP contribution >= 0.6 is 34.4 Å². The lowest BCUT2D eigenvalue weighted by Crippen LogP contribution is -2.71. The van der Waals surface area contributed by atoms with E-state index in [9.17, 15) is 19.5 Å². The molecule has 0 bridgehead atoms. The van der Waals surface area contributed by atoms with E-state index in [0.29, 0.717) is 11.3 Å². The quantitative estimate of drug-likeness (QED) is 0.212. The number of thiazole rings is 2. The molecule has 0 spiro atoms. The number of carboxylic acid groups (broad SMARTS) is 1. The Hall–Kier alpha value is -3.69. The van der Waals surface area contributed by atoms with Gasteiger partial charge in [-0.1, -0.05) is 11.2 Å². The molecule has 5 heterocycles. The molecule has 3 aromatic heterocycles. The summed E-state index contributed by atoms with van der Waals surface area (Å²) in [5.41, 5.74) is 7.20. The molecule has 192 valence electrons. The highest BCUT2D eigenvalue weighted by Gasteiger charge is 2.54. The number of aryl methyl sites for hydroxylation is 1. The number of rotatable bonds is 8. The van der Waals surface area contributed by atoms with Gasteiger partial charge in [0.15, 0.2) is 10.8 Å². The number of hydrogen-bond acceptors (Lipinski definition) is 11. The van der Waals surface area contributed by atoms with E-state index in [4.69, 9.17) is 10.6 Å². The molecule has 0 aromatic carbocycles. The maximum atomic E-state index is 13.0. The number of thioether (sulfide) groups is 1. The van der Waals surface area contributed by atoms with Crippen LogP contribution in [-0.2, 0) is 19.2 Å². The summed E-state index contributed by atoms with van der Waals surface area (Å²) in [4.78, 5) is 54.6. The number of carbonyl (C=O) groups is 3. The molecule has 0 aliphatic carbocycles. The van der Waals surface area contributed by atoms with Gasteiger partial charge in [-0.2, -0.15) is 0 Å². The lowest BCUT2D eigenvalue weighted by atomic mass is 10.0. The molecule has 4 N–H and O–H groups in total. The summed E-state index contributed by atoms with van der Waals surface area (Å²) in [6.45, 7) is 3.90. The number of amides is 2. The predicted octanol–water partition coefficient (Wildman–Crippen LogP) is 1.94. The van der Waals surface area contributed by atoms with E-state index < -0.39 is 29.2 Å². The van der Waals surface area contributed by atoms with Gasteiger partial charge in [0, 0.05) is 21.7 Å². The topological polar surface area (TPSA) is 165 Å². The second-order valence-corrected chi connectivity index (χ2v) is 11.0. The fourth-order valence-corrected chi connectivity index (χ4v) is 6.83. The van der Waals surface area contributed by atoms with Crippen LogP contribution in [0.5, 0.6) is 0 Å². The second kappa shape index (κ2) is 9.99. The standard InChI is InChI=1S/C22H21N7O5S3/c1-3-34-27-15(12-8-36-22(23)25-12)18(30)26-16-19(31)29-17(21(32)33)11(7-35-20(16)29)4-5-13-10(2)28-9-24-6-14(28)37-13/h4-6,8-9,16,20H,3,7H2,1-2H3,(H2,23,25)(H,26,30)(H,32,33)/b5-4?,27-15-/t16-,20-/m1/s1. The zero-order valence-corrected chi connectivity index (χ0v) is 22.0. The number of hydrogen-bond donors (Lipinski definition) is 3. The number of oxime groups is 1. The van der Waals surface area contributed by atoms with Crippen molar-refractivity contribution >= 4 is 74.0 Å². The minimum Gasteiger partial charge on any atom is -0.477 e. The van der Waals surface area contributed by atoms with Gasteiger partial charge in [0.25, 0.3) is 11.8 Å². The van der Waals surface area contributed by atoms with E-state index in [-0.39, 0.29) is 28.8 Å². The smallest absolute Gasteiger partial charge is 0.352 e. The molecule has 0 radical (unpaired) electrons. The van der Waals surface area contributed by atoms with Crippen molar-refractivity contribution in [3.63, 3.8) is 0 Å². The first kappa shape index (κ1) is 25.0. The molecule has 2 aliphatic heterocycles. The van der Waals surface area contributed by atoms with Gasteiger partial charge in [-0.3, -0.25) is 18.9 Å². The van der Waals surface area contributed by atoms with Crippen molar-refractivity contribution in [2.45, 2.75) is 25.3 Å². The zero-order valence-electron chi connectivity index (χ0n) is 19.6. The minimum absolute atomic E-state index is 0.0893. The molecule has 3 aromatic rings. The normalized spacial score (nSPS) is 19.9. The molecular formula is C22H21N7O5S3. The van der Waals surface area contributed by atoms with E-state index in [0.717, 1.165) is 26.7 Å². The Bertz CT molecular complexity index is 1500. The summed E-state index contributed by atoms with van der Waals surface area (Å²) in [6.07, 6.45) is 7.07. The third-order valence-electron chi connectivity index (χ3n) is 5.72. The maximum Gasteiger partial charge on any atom is 0.352 e. The highest BCUT2D eigenvalue weighted by molar-refractivity contribution is 8.00. The van der Waals surface area contributed by atoms with Crippen molar-refractivity contribution in [1.82, 2.24) is 24.6 Å². The third-order valence-corrected chi connectivity index (χ3v) is 8.86. The Balaban J connectivity index is 1.36.